The molecule has 0 amide bonds. The number of hydrogen-bond acceptors (Lipinski definition) is 4. The van der Waals surface area contributed by atoms with Crippen LogP contribution in [-0.4, -0.2) is 46.9 Å². The van der Waals surface area contributed by atoms with E-state index >= 15 is 0 Å². The average Bonchev–Trinajstić information content (AvgIpc) is 3.04. The van der Waals surface area contributed by atoms with Crippen LogP contribution in [0.4, 0.5) is 0 Å². The van der Waals surface area contributed by atoms with Crippen molar-refractivity contribution in [2.24, 2.45) is 23.7 Å². The predicted octanol–water partition coefficient (Wildman–Crippen LogP) is 11.9. The van der Waals surface area contributed by atoms with Gasteiger partial charge in [-0.1, -0.05) is 158 Å². The second-order valence-corrected chi connectivity index (χ2v) is 13.3. The zero-order valence-electron chi connectivity index (χ0n) is 32.4. The zero-order chi connectivity index (χ0) is 34.1. The van der Waals surface area contributed by atoms with Crippen molar-refractivity contribution in [3.05, 3.63) is 0 Å². The van der Waals surface area contributed by atoms with E-state index in [4.69, 9.17) is 20.4 Å². The van der Waals surface area contributed by atoms with Crippen molar-refractivity contribution in [2.75, 3.05) is 26.4 Å². The van der Waals surface area contributed by atoms with Gasteiger partial charge >= 0.3 is 0 Å². The molecule has 0 aliphatic carbocycles. The standard InChI is InChI=1S/4C10H22O.Ti/c4*1-3-5-6-8-10(9-11)7-4-2;/h4*10-11H,3-9H2,1-2H3;. The first-order valence-corrected chi connectivity index (χ1v) is 19.8. The van der Waals surface area contributed by atoms with Gasteiger partial charge in [0.25, 0.3) is 0 Å². The minimum Gasteiger partial charge on any atom is -0.396 e. The van der Waals surface area contributed by atoms with Crippen molar-refractivity contribution < 1.29 is 42.1 Å². The van der Waals surface area contributed by atoms with Crippen LogP contribution in [0.15, 0.2) is 0 Å². The summed E-state index contributed by atoms with van der Waals surface area (Å²) < 4.78 is 0. The van der Waals surface area contributed by atoms with E-state index in [-0.39, 0.29) is 21.7 Å². The van der Waals surface area contributed by atoms with Crippen LogP contribution in [0.3, 0.4) is 0 Å². The molecule has 45 heavy (non-hydrogen) atoms. The van der Waals surface area contributed by atoms with Gasteiger partial charge in [-0.25, -0.2) is 0 Å². The van der Waals surface area contributed by atoms with Crippen molar-refractivity contribution >= 4 is 0 Å². The molecule has 0 heterocycles. The second kappa shape index (κ2) is 51.4. The van der Waals surface area contributed by atoms with Gasteiger partial charge < -0.3 is 20.4 Å². The fraction of sp³-hybridized carbons (Fsp3) is 1.00. The Morgan fingerprint density at radius 1 is 0.267 bits per heavy atom. The summed E-state index contributed by atoms with van der Waals surface area (Å²) in [6.45, 7) is 19.1. The van der Waals surface area contributed by atoms with Crippen molar-refractivity contribution in [3.63, 3.8) is 0 Å². The largest absolute Gasteiger partial charge is 0.396 e. The van der Waals surface area contributed by atoms with Crippen molar-refractivity contribution in [1.29, 1.82) is 0 Å². The first-order valence-electron chi connectivity index (χ1n) is 19.8. The Hall–Kier alpha value is 0.554. The maximum Gasteiger partial charge on any atom is 0.0459 e. The van der Waals surface area contributed by atoms with E-state index in [1.165, 1.54) is 154 Å². The van der Waals surface area contributed by atoms with Crippen LogP contribution in [0, 0.1) is 23.7 Å². The molecule has 0 radical (unpaired) electrons. The number of aliphatic hydroxyl groups is 4. The molecule has 0 bridgehead atoms. The smallest absolute Gasteiger partial charge is 0.0459 e. The molecule has 0 aromatic rings. The summed E-state index contributed by atoms with van der Waals surface area (Å²) in [4.78, 5) is 0. The second-order valence-electron chi connectivity index (χ2n) is 13.3. The minimum atomic E-state index is 0. The van der Waals surface area contributed by atoms with Crippen LogP contribution in [0.1, 0.15) is 209 Å². The predicted molar refractivity (Wildman–Crippen MR) is 199 cm³/mol. The molecule has 4 unspecified atom stereocenters. The maximum absolute atomic E-state index is 8.96. The Kier molecular flexibility index (Phi) is 62.8. The van der Waals surface area contributed by atoms with E-state index in [1.807, 2.05) is 0 Å². The van der Waals surface area contributed by atoms with Crippen molar-refractivity contribution in [3.8, 4) is 0 Å². The van der Waals surface area contributed by atoms with Crippen molar-refractivity contribution in [2.45, 2.75) is 209 Å². The van der Waals surface area contributed by atoms with E-state index in [9.17, 15) is 0 Å². The van der Waals surface area contributed by atoms with Gasteiger partial charge in [0.1, 0.15) is 0 Å². The van der Waals surface area contributed by atoms with Crippen LogP contribution >= 0.6 is 0 Å². The average molecular weight is 681 g/mol. The van der Waals surface area contributed by atoms with Crippen LogP contribution < -0.4 is 0 Å². The molecule has 0 saturated carbocycles. The molecule has 4 nitrogen and oxygen atoms in total. The first-order chi connectivity index (χ1) is 21.4. The van der Waals surface area contributed by atoms with E-state index in [2.05, 4.69) is 55.4 Å². The monoisotopic (exact) mass is 681 g/mol. The quantitative estimate of drug-likeness (QED) is 0.0490. The van der Waals surface area contributed by atoms with E-state index in [0.717, 1.165) is 0 Å². The molecule has 0 rings (SSSR count). The molecule has 0 aromatic heterocycles. The summed E-state index contributed by atoms with van der Waals surface area (Å²) in [5.41, 5.74) is 0. The Bertz CT molecular complexity index is 372. The molecule has 0 aliphatic heterocycles. The zero-order valence-corrected chi connectivity index (χ0v) is 34.0. The summed E-state index contributed by atoms with van der Waals surface area (Å²) in [6, 6.07) is 0. The Balaban J connectivity index is -0.000000157. The number of hydrogen-bond donors (Lipinski definition) is 4. The Morgan fingerprint density at radius 2 is 0.444 bits per heavy atom. The summed E-state index contributed by atoms with van der Waals surface area (Å²) >= 11 is 0. The van der Waals surface area contributed by atoms with Gasteiger partial charge in [-0.3, -0.25) is 0 Å². The number of aliphatic hydroxyl groups excluding tert-OH is 4. The summed E-state index contributed by atoms with van der Waals surface area (Å²) in [6.07, 6.45) is 30.1. The Labute approximate surface area is 300 Å². The SMILES string of the molecule is CCCCCC(CO)CCC.CCCCCC(CO)CCC.CCCCCC(CO)CCC.CCCCCC(CO)CCC.[Ti]. The molecule has 0 saturated heterocycles. The summed E-state index contributed by atoms with van der Waals surface area (Å²) in [5, 5.41) is 35.8. The molecule has 4 N–H and O–H groups in total. The maximum atomic E-state index is 8.96. The van der Waals surface area contributed by atoms with Gasteiger partial charge in [0, 0.05) is 48.1 Å². The topological polar surface area (TPSA) is 80.9 Å². The Morgan fingerprint density at radius 3 is 0.556 bits per heavy atom. The van der Waals surface area contributed by atoms with Crippen LogP contribution in [0.2, 0.25) is 0 Å². The molecular formula is C40H88O4Ti. The third kappa shape index (κ3) is 49.1. The van der Waals surface area contributed by atoms with Gasteiger partial charge in [0.2, 0.25) is 0 Å². The number of rotatable bonds is 28. The third-order valence-corrected chi connectivity index (χ3v) is 8.68. The third-order valence-electron chi connectivity index (χ3n) is 8.68. The van der Waals surface area contributed by atoms with Gasteiger partial charge in [0.05, 0.1) is 0 Å². The molecule has 0 aromatic carbocycles. The number of unbranched alkanes of at least 4 members (excludes halogenated alkanes) is 8. The molecule has 0 aliphatic rings. The minimum absolute atomic E-state index is 0. The first kappa shape index (κ1) is 55.0. The summed E-state index contributed by atoms with van der Waals surface area (Å²) in [5.74, 6) is 2.30. The van der Waals surface area contributed by atoms with E-state index in [1.54, 1.807) is 0 Å². The molecule has 0 spiro atoms. The van der Waals surface area contributed by atoms with Crippen LogP contribution in [0.5, 0.6) is 0 Å². The normalized spacial score (nSPS) is 13.1. The molecule has 5 heteroatoms. The van der Waals surface area contributed by atoms with Gasteiger partial charge in [-0.05, 0) is 75.0 Å². The van der Waals surface area contributed by atoms with Crippen LogP contribution in [0.25, 0.3) is 0 Å². The van der Waals surface area contributed by atoms with E-state index < -0.39 is 0 Å². The molecular weight excluding hydrogens is 592 g/mol. The fourth-order valence-electron chi connectivity index (χ4n) is 5.67. The van der Waals surface area contributed by atoms with Gasteiger partial charge in [-0.2, -0.15) is 0 Å². The summed E-state index contributed by atoms with van der Waals surface area (Å²) in [7, 11) is 0. The van der Waals surface area contributed by atoms with Gasteiger partial charge in [-0.15, -0.1) is 0 Å². The van der Waals surface area contributed by atoms with E-state index in [0.29, 0.717) is 50.1 Å². The molecule has 0 fully saturated rings. The fourth-order valence-corrected chi connectivity index (χ4v) is 5.67. The van der Waals surface area contributed by atoms with Crippen molar-refractivity contribution in [1.82, 2.24) is 0 Å². The molecule has 276 valence electrons. The van der Waals surface area contributed by atoms with Crippen LogP contribution in [-0.2, 0) is 21.7 Å². The van der Waals surface area contributed by atoms with Gasteiger partial charge in [0.15, 0.2) is 0 Å². The molecule has 4 atom stereocenters.